The van der Waals surface area contributed by atoms with Gasteiger partial charge in [0, 0.05) is 17.8 Å². The van der Waals surface area contributed by atoms with Crippen molar-refractivity contribution in [1.29, 1.82) is 0 Å². The number of nitro groups is 1. The van der Waals surface area contributed by atoms with E-state index < -0.39 is 4.92 Å². The highest BCUT2D eigenvalue weighted by Crippen LogP contribution is 2.18. The van der Waals surface area contributed by atoms with Crippen LogP contribution in [0.5, 0.6) is 0 Å². The molecule has 0 radical (unpaired) electrons. The molecule has 0 bridgehead atoms. The third-order valence-corrected chi connectivity index (χ3v) is 1.72. The van der Waals surface area contributed by atoms with Gasteiger partial charge in [-0.15, -0.1) is 6.58 Å². The predicted molar refractivity (Wildman–Crippen MR) is 49.2 cm³/mol. The topological polar surface area (TPSA) is 84.9 Å². The third kappa shape index (κ3) is 2.16. The normalized spacial score (nSPS) is 12.4. The van der Waals surface area contributed by atoms with Gasteiger partial charge in [-0.2, -0.15) is 0 Å². The van der Waals surface area contributed by atoms with Gasteiger partial charge < -0.3 is 10.7 Å². The Morgan fingerprint density at radius 1 is 1.85 bits per heavy atom. The number of rotatable bonds is 4. The van der Waals surface area contributed by atoms with Gasteiger partial charge in [-0.1, -0.05) is 6.08 Å². The maximum Gasteiger partial charge on any atom is 0.287 e. The molecular formula is C8H11N3O2. The Morgan fingerprint density at radius 3 is 3.00 bits per heavy atom. The average Bonchev–Trinajstić information content (AvgIpc) is 2.52. The lowest BCUT2D eigenvalue weighted by atomic mass is 10.1. The van der Waals surface area contributed by atoms with Crippen LogP contribution in [0.3, 0.4) is 0 Å². The maximum absolute atomic E-state index is 10.3. The van der Waals surface area contributed by atoms with Gasteiger partial charge in [0.15, 0.2) is 0 Å². The maximum atomic E-state index is 10.3. The molecule has 13 heavy (non-hydrogen) atoms. The number of H-pyrrole nitrogens is 1. The van der Waals surface area contributed by atoms with E-state index in [2.05, 4.69) is 11.6 Å². The molecule has 1 heterocycles. The molecule has 0 saturated heterocycles. The van der Waals surface area contributed by atoms with Gasteiger partial charge in [-0.25, -0.2) is 0 Å². The summed E-state index contributed by atoms with van der Waals surface area (Å²) < 4.78 is 0. The molecule has 1 aromatic heterocycles. The van der Waals surface area contributed by atoms with E-state index in [4.69, 9.17) is 5.73 Å². The van der Waals surface area contributed by atoms with Crippen LogP contribution in [0.25, 0.3) is 0 Å². The molecule has 0 unspecified atom stereocenters. The molecule has 0 fully saturated rings. The van der Waals surface area contributed by atoms with Crippen molar-refractivity contribution in [2.75, 3.05) is 0 Å². The van der Waals surface area contributed by atoms with E-state index in [1.165, 1.54) is 12.3 Å². The number of hydrogen-bond acceptors (Lipinski definition) is 3. The van der Waals surface area contributed by atoms with Crippen LogP contribution in [0.15, 0.2) is 24.9 Å². The molecule has 3 N–H and O–H groups in total. The second-order valence-corrected chi connectivity index (χ2v) is 2.70. The van der Waals surface area contributed by atoms with E-state index in [0.717, 1.165) is 0 Å². The molecule has 5 nitrogen and oxygen atoms in total. The Morgan fingerprint density at radius 2 is 2.54 bits per heavy atom. The second kappa shape index (κ2) is 3.86. The Balaban J connectivity index is 2.78. The Kier molecular flexibility index (Phi) is 2.81. The predicted octanol–water partition coefficient (Wildman–Crippen LogP) is 1.50. The molecule has 0 aromatic carbocycles. The minimum absolute atomic E-state index is 0.0366. The Hall–Kier alpha value is -1.62. The van der Waals surface area contributed by atoms with Crippen LogP contribution < -0.4 is 5.73 Å². The highest BCUT2D eigenvalue weighted by molar-refractivity contribution is 5.31. The Bertz CT molecular complexity index is 319. The van der Waals surface area contributed by atoms with Crippen molar-refractivity contribution in [3.8, 4) is 0 Å². The molecule has 0 aliphatic carbocycles. The number of aromatic amines is 1. The molecule has 1 aromatic rings. The lowest BCUT2D eigenvalue weighted by Crippen LogP contribution is -2.08. The van der Waals surface area contributed by atoms with Crippen LogP contribution in [0.2, 0.25) is 0 Å². The van der Waals surface area contributed by atoms with Crippen LogP contribution in [-0.4, -0.2) is 9.91 Å². The summed E-state index contributed by atoms with van der Waals surface area (Å²) in [5, 5.41) is 10.3. The first-order valence-corrected chi connectivity index (χ1v) is 3.84. The van der Waals surface area contributed by atoms with E-state index in [0.29, 0.717) is 12.1 Å². The zero-order chi connectivity index (χ0) is 9.84. The van der Waals surface area contributed by atoms with E-state index in [1.807, 2.05) is 0 Å². The summed E-state index contributed by atoms with van der Waals surface area (Å²) in [5.41, 5.74) is 6.39. The van der Waals surface area contributed by atoms with Crippen LogP contribution in [0.4, 0.5) is 5.69 Å². The summed E-state index contributed by atoms with van der Waals surface area (Å²) in [5.74, 6) is 0. The van der Waals surface area contributed by atoms with Crippen LogP contribution >= 0.6 is 0 Å². The summed E-state index contributed by atoms with van der Waals surface area (Å²) in [6, 6.07) is 1.19. The molecule has 70 valence electrons. The van der Waals surface area contributed by atoms with E-state index >= 15 is 0 Å². The minimum atomic E-state index is -0.458. The number of nitrogens with zero attached hydrogens (tertiary/aromatic N) is 1. The van der Waals surface area contributed by atoms with Gasteiger partial charge in [0.1, 0.15) is 0 Å². The van der Waals surface area contributed by atoms with Gasteiger partial charge in [0.05, 0.1) is 11.1 Å². The fourth-order valence-electron chi connectivity index (χ4n) is 1.03. The summed E-state index contributed by atoms with van der Waals surface area (Å²) in [6.45, 7) is 3.54. The first-order valence-electron chi connectivity index (χ1n) is 3.84. The van der Waals surface area contributed by atoms with Gasteiger partial charge in [0.25, 0.3) is 5.69 Å². The van der Waals surface area contributed by atoms with Gasteiger partial charge in [-0.3, -0.25) is 10.1 Å². The number of nitrogens with two attached hydrogens (primary N) is 1. The fraction of sp³-hybridized carbons (Fsp3) is 0.250. The van der Waals surface area contributed by atoms with Crippen molar-refractivity contribution in [3.63, 3.8) is 0 Å². The second-order valence-electron chi connectivity index (χ2n) is 2.70. The largest absolute Gasteiger partial charge is 0.358 e. The summed E-state index contributed by atoms with van der Waals surface area (Å²) in [7, 11) is 0. The van der Waals surface area contributed by atoms with Crippen molar-refractivity contribution in [2.45, 2.75) is 12.5 Å². The summed E-state index contributed by atoms with van der Waals surface area (Å²) in [4.78, 5) is 12.6. The first kappa shape index (κ1) is 9.47. The zero-order valence-electron chi connectivity index (χ0n) is 7.06. The number of aromatic nitrogens is 1. The lowest BCUT2D eigenvalue weighted by Gasteiger charge is -2.04. The summed E-state index contributed by atoms with van der Waals surface area (Å²) >= 11 is 0. The van der Waals surface area contributed by atoms with Gasteiger partial charge >= 0.3 is 0 Å². The number of hydrogen-bond donors (Lipinski definition) is 2. The van der Waals surface area contributed by atoms with Gasteiger partial charge in [-0.05, 0) is 6.42 Å². The average molecular weight is 181 g/mol. The van der Waals surface area contributed by atoms with E-state index in [9.17, 15) is 10.1 Å². The van der Waals surface area contributed by atoms with Crippen LogP contribution in [-0.2, 0) is 0 Å². The molecule has 0 aliphatic heterocycles. The monoisotopic (exact) mass is 181 g/mol. The number of nitrogens with one attached hydrogen (secondary N) is 1. The third-order valence-electron chi connectivity index (χ3n) is 1.72. The quantitative estimate of drug-likeness (QED) is 0.419. The van der Waals surface area contributed by atoms with Crippen LogP contribution in [0, 0.1) is 10.1 Å². The zero-order valence-corrected chi connectivity index (χ0v) is 7.06. The van der Waals surface area contributed by atoms with Crippen LogP contribution in [0.1, 0.15) is 18.2 Å². The summed E-state index contributed by atoms with van der Waals surface area (Å²) in [6.07, 6.45) is 3.60. The van der Waals surface area contributed by atoms with Crippen molar-refractivity contribution < 1.29 is 4.92 Å². The molecule has 0 saturated carbocycles. The fourth-order valence-corrected chi connectivity index (χ4v) is 1.03. The van der Waals surface area contributed by atoms with Crippen molar-refractivity contribution >= 4 is 5.69 Å². The standard InChI is InChI=1S/C8H11N3O2/c1-2-3-7(9)8-4-6(5-10-8)11(12)13/h2,4-5,7,10H,1,3,9H2/t7-/m1/s1. The van der Waals surface area contributed by atoms with E-state index in [1.54, 1.807) is 6.08 Å². The highest BCUT2D eigenvalue weighted by Gasteiger charge is 2.12. The van der Waals surface area contributed by atoms with Gasteiger partial charge in [0.2, 0.25) is 0 Å². The molecule has 1 rings (SSSR count). The highest BCUT2D eigenvalue weighted by atomic mass is 16.6. The van der Waals surface area contributed by atoms with Crippen molar-refractivity contribution in [3.05, 3.63) is 40.7 Å². The Labute approximate surface area is 75.4 Å². The molecule has 5 heteroatoms. The molecular weight excluding hydrogens is 170 g/mol. The molecule has 1 atom stereocenters. The molecule has 0 spiro atoms. The molecule has 0 aliphatic rings. The smallest absolute Gasteiger partial charge is 0.287 e. The van der Waals surface area contributed by atoms with Crippen molar-refractivity contribution in [2.24, 2.45) is 5.73 Å². The minimum Gasteiger partial charge on any atom is -0.358 e. The first-order chi connectivity index (χ1) is 6.15. The lowest BCUT2D eigenvalue weighted by molar-refractivity contribution is -0.384. The van der Waals surface area contributed by atoms with E-state index in [-0.39, 0.29) is 11.7 Å². The van der Waals surface area contributed by atoms with Crippen molar-refractivity contribution in [1.82, 2.24) is 4.98 Å². The molecule has 0 amide bonds. The SMILES string of the molecule is C=CC[C@@H](N)c1cc([N+](=O)[O-])c[nH]1.